The summed E-state index contributed by atoms with van der Waals surface area (Å²) in [6, 6.07) is 0. The first-order chi connectivity index (χ1) is 4.04. The van der Waals surface area contributed by atoms with Crippen molar-refractivity contribution in [2.75, 3.05) is 7.05 Å². The predicted octanol–water partition coefficient (Wildman–Crippen LogP) is 1.65. The van der Waals surface area contributed by atoms with Crippen LogP contribution in [0.15, 0.2) is 12.0 Å². The molecule has 4 heteroatoms. The highest BCUT2D eigenvalue weighted by Gasteiger charge is 1.96. The lowest BCUT2D eigenvalue weighted by Crippen LogP contribution is -2.14. The molecule has 1 N–H and O–H groups in total. The van der Waals surface area contributed by atoms with Crippen molar-refractivity contribution in [1.82, 2.24) is 4.90 Å². The van der Waals surface area contributed by atoms with Gasteiger partial charge < -0.3 is 4.90 Å². The Morgan fingerprint density at radius 3 is 2.11 bits per heavy atom. The second-order valence-electron chi connectivity index (χ2n) is 1.62. The summed E-state index contributed by atoms with van der Waals surface area (Å²) >= 11 is 0. The monoisotopic (exact) mass is 134 g/mol. The minimum Gasteiger partial charge on any atom is -0.310 e. The third-order valence-electron chi connectivity index (χ3n) is 0.681. The summed E-state index contributed by atoms with van der Waals surface area (Å²) < 4.78 is 23.6. The summed E-state index contributed by atoms with van der Waals surface area (Å²) in [5.41, 5.74) is 0. The van der Waals surface area contributed by atoms with Gasteiger partial charge in [-0.15, -0.1) is 0 Å². The van der Waals surface area contributed by atoms with Crippen molar-refractivity contribution in [1.29, 1.82) is 5.41 Å². The summed E-state index contributed by atoms with van der Waals surface area (Å²) in [5, 5.41) is 6.34. The number of nitrogens with zero attached hydrogens (tertiary/aromatic N) is 1. The number of nitrogens with one attached hydrogen (secondary N) is 1. The van der Waals surface area contributed by atoms with Crippen LogP contribution in [0.5, 0.6) is 0 Å². The van der Waals surface area contributed by atoms with Crippen molar-refractivity contribution >= 4 is 6.09 Å². The Kier molecular flexibility index (Phi) is 2.84. The summed E-state index contributed by atoms with van der Waals surface area (Å²) in [6.07, 6.45) is -0.283. The molecule has 0 rings (SSSR count). The van der Waals surface area contributed by atoms with E-state index in [4.69, 9.17) is 5.41 Å². The maximum atomic E-state index is 11.9. The molecule has 0 saturated heterocycles. The SMILES string of the molecule is C/C(F)=C\N(C)C(=N)F. The maximum Gasteiger partial charge on any atom is 0.281 e. The van der Waals surface area contributed by atoms with Crippen molar-refractivity contribution in [3.8, 4) is 0 Å². The largest absolute Gasteiger partial charge is 0.310 e. The van der Waals surface area contributed by atoms with Gasteiger partial charge in [0.25, 0.3) is 6.09 Å². The van der Waals surface area contributed by atoms with E-state index in [1.807, 2.05) is 0 Å². The molecule has 0 bridgehead atoms. The van der Waals surface area contributed by atoms with Crippen LogP contribution in [0.25, 0.3) is 0 Å². The van der Waals surface area contributed by atoms with Gasteiger partial charge in [0.05, 0.1) is 0 Å². The van der Waals surface area contributed by atoms with Gasteiger partial charge in [0, 0.05) is 13.2 Å². The molecule has 0 amide bonds. The third-order valence-corrected chi connectivity index (χ3v) is 0.681. The molecule has 0 radical (unpaired) electrons. The molecule has 0 aromatic heterocycles. The first-order valence-electron chi connectivity index (χ1n) is 2.35. The maximum absolute atomic E-state index is 11.9. The van der Waals surface area contributed by atoms with Crippen molar-refractivity contribution in [2.24, 2.45) is 0 Å². The third kappa shape index (κ3) is 3.64. The lowest BCUT2D eigenvalue weighted by molar-refractivity contribution is 0.530. The molecule has 0 aromatic rings. The van der Waals surface area contributed by atoms with Crippen LogP contribution in [-0.2, 0) is 0 Å². The molecular formula is C5H8F2N2. The number of hydrogen-bond donors (Lipinski definition) is 1. The van der Waals surface area contributed by atoms with Crippen molar-refractivity contribution in [2.45, 2.75) is 6.92 Å². The van der Waals surface area contributed by atoms with E-state index in [0.717, 1.165) is 11.1 Å². The number of rotatable bonds is 1. The highest BCUT2D eigenvalue weighted by Crippen LogP contribution is 1.96. The van der Waals surface area contributed by atoms with E-state index in [0.29, 0.717) is 0 Å². The molecule has 0 aromatic carbocycles. The van der Waals surface area contributed by atoms with Crippen LogP contribution in [0.4, 0.5) is 8.78 Å². The lowest BCUT2D eigenvalue weighted by atomic mass is 10.6. The van der Waals surface area contributed by atoms with Gasteiger partial charge in [-0.1, -0.05) is 0 Å². The van der Waals surface area contributed by atoms with Crippen molar-refractivity contribution in [3.63, 3.8) is 0 Å². The molecule has 0 spiro atoms. The highest BCUT2D eigenvalue weighted by molar-refractivity contribution is 5.69. The average molecular weight is 134 g/mol. The average Bonchev–Trinajstić information content (AvgIpc) is 1.63. The first kappa shape index (κ1) is 8.07. The fraction of sp³-hybridized carbons (Fsp3) is 0.400. The zero-order valence-electron chi connectivity index (χ0n) is 5.28. The summed E-state index contributed by atoms with van der Waals surface area (Å²) in [7, 11) is 1.26. The summed E-state index contributed by atoms with van der Waals surface area (Å²) in [4.78, 5) is 0.745. The topological polar surface area (TPSA) is 27.1 Å². The molecule has 9 heavy (non-hydrogen) atoms. The quantitative estimate of drug-likeness (QED) is 0.329. The van der Waals surface area contributed by atoms with Crippen LogP contribution in [-0.4, -0.2) is 18.0 Å². The van der Waals surface area contributed by atoms with Gasteiger partial charge in [0.15, 0.2) is 0 Å². The van der Waals surface area contributed by atoms with Gasteiger partial charge in [-0.05, 0) is 6.92 Å². The molecule has 0 saturated carbocycles. The van der Waals surface area contributed by atoms with Crippen molar-refractivity contribution < 1.29 is 8.78 Å². The van der Waals surface area contributed by atoms with E-state index in [1.165, 1.54) is 14.0 Å². The number of halogens is 2. The molecule has 52 valence electrons. The first-order valence-corrected chi connectivity index (χ1v) is 2.35. The fourth-order valence-corrected chi connectivity index (χ4v) is 0.324. The Morgan fingerprint density at radius 1 is 1.56 bits per heavy atom. The standard InChI is InChI=1S/C5H8F2N2/c1-4(6)3-9(2)5(7)8/h3,8H,1-2H3/b4-3+,8-5?. The van der Waals surface area contributed by atoms with Gasteiger partial charge in [-0.3, -0.25) is 5.41 Å². The second kappa shape index (κ2) is 3.17. The van der Waals surface area contributed by atoms with Crippen LogP contribution in [0.3, 0.4) is 0 Å². The van der Waals surface area contributed by atoms with Crippen LogP contribution >= 0.6 is 0 Å². The van der Waals surface area contributed by atoms with Gasteiger partial charge in [-0.25, -0.2) is 4.39 Å². The Hall–Kier alpha value is -0.930. The van der Waals surface area contributed by atoms with Gasteiger partial charge >= 0.3 is 0 Å². The lowest BCUT2D eigenvalue weighted by Gasteiger charge is -2.05. The molecule has 0 aliphatic heterocycles. The van der Waals surface area contributed by atoms with Crippen LogP contribution in [0, 0.1) is 5.41 Å². The zero-order valence-corrected chi connectivity index (χ0v) is 5.28. The zero-order chi connectivity index (χ0) is 7.44. The number of hydrogen-bond acceptors (Lipinski definition) is 1. The van der Waals surface area contributed by atoms with E-state index in [-0.39, 0.29) is 0 Å². The van der Waals surface area contributed by atoms with E-state index >= 15 is 0 Å². The Labute approximate surface area is 52.3 Å². The predicted molar refractivity (Wildman–Crippen MR) is 31.5 cm³/mol. The molecule has 0 fully saturated rings. The van der Waals surface area contributed by atoms with Gasteiger partial charge in [-0.2, -0.15) is 4.39 Å². The molecule has 0 heterocycles. The van der Waals surface area contributed by atoms with Gasteiger partial charge in [0.2, 0.25) is 0 Å². The Balaban J connectivity index is 3.91. The van der Waals surface area contributed by atoms with Gasteiger partial charge in [0.1, 0.15) is 5.83 Å². The molecular weight excluding hydrogens is 126 g/mol. The van der Waals surface area contributed by atoms with Crippen molar-refractivity contribution in [3.05, 3.63) is 12.0 Å². The van der Waals surface area contributed by atoms with E-state index in [9.17, 15) is 8.78 Å². The van der Waals surface area contributed by atoms with Crippen LogP contribution in [0.2, 0.25) is 0 Å². The number of amidine groups is 1. The van der Waals surface area contributed by atoms with E-state index in [1.54, 1.807) is 0 Å². The van der Waals surface area contributed by atoms with Crippen LogP contribution in [0.1, 0.15) is 6.92 Å². The Bertz CT molecular complexity index is 138. The molecule has 0 atom stereocenters. The normalized spacial score (nSPS) is 11.3. The minimum absolute atomic E-state index is 0.528. The highest BCUT2D eigenvalue weighted by atomic mass is 19.1. The molecule has 2 nitrogen and oxygen atoms in total. The van der Waals surface area contributed by atoms with E-state index < -0.39 is 11.9 Å². The Morgan fingerprint density at radius 2 is 2.00 bits per heavy atom. The summed E-state index contributed by atoms with van der Waals surface area (Å²) in [6.45, 7) is 1.18. The van der Waals surface area contributed by atoms with E-state index in [2.05, 4.69) is 0 Å². The van der Waals surface area contributed by atoms with Crippen LogP contribution < -0.4 is 0 Å². The fourth-order valence-electron chi connectivity index (χ4n) is 0.324. The molecule has 0 aliphatic carbocycles. The molecule has 0 unspecified atom stereocenters. The summed E-state index contributed by atoms with van der Waals surface area (Å²) in [5.74, 6) is -0.528. The smallest absolute Gasteiger partial charge is 0.281 e. The minimum atomic E-state index is -1.17. The second-order valence-corrected chi connectivity index (χ2v) is 1.62. The molecule has 0 aliphatic rings. The number of allylic oxidation sites excluding steroid dienone is 1.